The summed E-state index contributed by atoms with van der Waals surface area (Å²) in [6, 6.07) is 15.5. The van der Waals surface area contributed by atoms with Crippen molar-refractivity contribution in [1.82, 2.24) is 4.31 Å². The molecule has 1 unspecified atom stereocenters. The Kier molecular flexibility index (Phi) is 4.96. The van der Waals surface area contributed by atoms with Crippen LogP contribution in [0.15, 0.2) is 58.5 Å². The van der Waals surface area contributed by atoms with Gasteiger partial charge in [0.15, 0.2) is 0 Å². The van der Waals surface area contributed by atoms with E-state index in [0.717, 1.165) is 22.4 Å². The lowest BCUT2D eigenvalue weighted by atomic mass is 9.81. The van der Waals surface area contributed by atoms with Crippen LogP contribution in [-0.4, -0.2) is 61.5 Å². The average Bonchev–Trinajstić information content (AvgIpc) is 3.42. The Morgan fingerprint density at radius 2 is 1.90 bits per heavy atom. The predicted octanol–water partition coefficient (Wildman–Crippen LogP) is 2.69. The SMILES string of the molecule is CC1C=NC(S(=O)(=O)N2CC[C@H]3[C@@H](CO)N(C)c4ccc(-c5ccccc5)cc4[C@H]32)=N1. The zero-order chi connectivity index (χ0) is 21.8. The topological polar surface area (TPSA) is 85.6 Å². The van der Waals surface area contributed by atoms with Gasteiger partial charge in [-0.25, -0.2) is 18.4 Å². The van der Waals surface area contributed by atoms with E-state index in [1.165, 1.54) is 0 Å². The van der Waals surface area contributed by atoms with Crippen LogP contribution in [0.4, 0.5) is 5.69 Å². The summed E-state index contributed by atoms with van der Waals surface area (Å²) in [6.07, 6.45) is 2.24. The van der Waals surface area contributed by atoms with E-state index in [1.54, 1.807) is 10.5 Å². The molecule has 0 radical (unpaired) electrons. The maximum absolute atomic E-state index is 13.5. The molecule has 7 nitrogen and oxygen atoms in total. The quantitative estimate of drug-likeness (QED) is 0.798. The number of likely N-dealkylation sites (N-methyl/N-ethyl adjacent to an activating group) is 1. The van der Waals surface area contributed by atoms with Gasteiger partial charge in [-0.3, -0.25) is 0 Å². The number of fused-ring (bicyclic) bond motifs is 3. The Morgan fingerprint density at radius 1 is 1.13 bits per heavy atom. The highest BCUT2D eigenvalue weighted by atomic mass is 32.2. The minimum absolute atomic E-state index is 0.00768. The van der Waals surface area contributed by atoms with Crippen LogP contribution in [0, 0.1) is 5.92 Å². The fourth-order valence-electron chi connectivity index (χ4n) is 5.14. The summed E-state index contributed by atoms with van der Waals surface area (Å²) in [6.45, 7) is 2.18. The molecule has 8 heteroatoms. The van der Waals surface area contributed by atoms with Crippen molar-refractivity contribution in [1.29, 1.82) is 0 Å². The highest BCUT2D eigenvalue weighted by Crippen LogP contribution is 2.50. The van der Waals surface area contributed by atoms with Gasteiger partial charge in [-0.2, -0.15) is 4.31 Å². The Morgan fingerprint density at radius 3 is 2.58 bits per heavy atom. The number of benzene rings is 2. The lowest BCUT2D eigenvalue weighted by molar-refractivity contribution is 0.193. The fourth-order valence-corrected chi connectivity index (χ4v) is 6.76. The summed E-state index contributed by atoms with van der Waals surface area (Å²) in [4.78, 5) is 10.4. The summed E-state index contributed by atoms with van der Waals surface area (Å²) in [7, 11) is -1.85. The van der Waals surface area contributed by atoms with Crippen LogP contribution in [-0.2, 0) is 10.0 Å². The molecule has 3 heterocycles. The van der Waals surface area contributed by atoms with Crippen LogP contribution in [0.2, 0.25) is 0 Å². The summed E-state index contributed by atoms with van der Waals surface area (Å²) in [5, 5.41) is 10.0. The highest BCUT2D eigenvalue weighted by molar-refractivity contribution is 8.04. The third-order valence-corrected chi connectivity index (χ3v) is 8.36. The Balaban J connectivity index is 1.64. The predicted molar refractivity (Wildman–Crippen MR) is 123 cm³/mol. The van der Waals surface area contributed by atoms with Gasteiger partial charge in [-0.1, -0.05) is 36.4 Å². The summed E-state index contributed by atoms with van der Waals surface area (Å²) in [5.74, 6) is -0.00768. The van der Waals surface area contributed by atoms with Gasteiger partial charge in [-0.15, -0.1) is 0 Å². The maximum Gasteiger partial charge on any atom is 0.278 e. The van der Waals surface area contributed by atoms with Gasteiger partial charge < -0.3 is 10.0 Å². The molecule has 0 aromatic heterocycles. The fraction of sp³-hybridized carbons (Fsp3) is 0.391. The van der Waals surface area contributed by atoms with Crippen molar-refractivity contribution in [2.45, 2.75) is 31.5 Å². The lowest BCUT2D eigenvalue weighted by Gasteiger charge is -2.44. The zero-order valence-corrected chi connectivity index (χ0v) is 18.4. The third-order valence-electron chi connectivity index (χ3n) is 6.66. The number of rotatable bonds is 3. The van der Waals surface area contributed by atoms with E-state index in [0.29, 0.717) is 13.0 Å². The Bertz CT molecular complexity index is 1160. The molecule has 3 aliphatic rings. The molecule has 0 bridgehead atoms. The van der Waals surface area contributed by atoms with Gasteiger partial charge in [0.25, 0.3) is 15.2 Å². The van der Waals surface area contributed by atoms with Gasteiger partial charge in [0, 0.05) is 31.4 Å². The summed E-state index contributed by atoms with van der Waals surface area (Å²) in [5.41, 5.74) is 4.05. The van der Waals surface area contributed by atoms with Crippen LogP contribution in [0.3, 0.4) is 0 Å². The number of amidine groups is 1. The standard InChI is InChI=1S/C23H26N4O3S/c1-15-13-24-23(25-15)31(29,30)27-11-10-18-21(14-28)26(2)20-9-8-17(12-19(20)22(18)27)16-6-4-3-5-7-16/h3-9,12-13,15,18,21-22,28H,10-11,14H2,1-2H3/t15?,18-,21+,22-/m0/s1. The van der Waals surface area contributed by atoms with Crippen molar-refractivity contribution in [3.05, 3.63) is 54.1 Å². The molecule has 5 rings (SSSR count). The lowest BCUT2D eigenvalue weighted by Crippen LogP contribution is -2.48. The van der Waals surface area contributed by atoms with Gasteiger partial charge in [-0.05, 0) is 42.2 Å². The number of sulfonamides is 1. The number of anilines is 1. The molecule has 0 aliphatic carbocycles. The molecular weight excluding hydrogens is 412 g/mol. The first-order valence-corrected chi connectivity index (χ1v) is 12.0. The largest absolute Gasteiger partial charge is 0.394 e. The van der Waals surface area contributed by atoms with E-state index in [9.17, 15) is 13.5 Å². The van der Waals surface area contributed by atoms with E-state index in [4.69, 9.17) is 0 Å². The highest BCUT2D eigenvalue weighted by Gasteiger charge is 2.51. The number of nitrogens with zero attached hydrogens (tertiary/aromatic N) is 4. The molecule has 3 aliphatic heterocycles. The Hall–Kier alpha value is -2.55. The molecular formula is C23H26N4O3S. The molecule has 162 valence electrons. The van der Waals surface area contributed by atoms with Crippen molar-refractivity contribution in [2.24, 2.45) is 15.9 Å². The van der Waals surface area contributed by atoms with E-state index >= 15 is 0 Å². The molecule has 1 fully saturated rings. The monoisotopic (exact) mass is 438 g/mol. The number of aliphatic hydroxyl groups excluding tert-OH is 1. The van der Waals surface area contributed by atoms with E-state index in [2.05, 4.69) is 39.2 Å². The first kappa shape index (κ1) is 20.4. The third kappa shape index (κ3) is 3.21. The van der Waals surface area contributed by atoms with E-state index in [1.807, 2.05) is 38.2 Å². The first-order valence-electron chi connectivity index (χ1n) is 10.6. The van der Waals surface area contributed by atoms with Gasteiger partial charge in [0.2, 0.25) is 0 Å². The van der Waals surface area contributed by atoms with Crippen LogP contribution in [0.5, 0.6) is 0 Å². The smallest absolute Gasteiger partial charge is 0.278 e. The molecule has 1 N–H and O–H groups in total. The molecule has 4 atom stereocenters. The van der Waals surface area contributed by atoms with Crippen molar-refractivity contribution < 1.29 is 13.5 Å². The van der Waals surface area contributed by atoms with Gasteiger partial charge in [0.1, 0.15) is 0 Å². The van der Waals surface area contributed by atoms with Crippen LogP contribution >= 0.6 is 0 Å². The zero-order valence-electron chi connectivity index (χ0n) is 17.6. The van der Waals surface area contributed by atoms with E-state index < -0.39 is 10.0 Å². The second kappa shape index (κ2) is 7.55. The minimum atomic E-state index is -3.83. The Labute approximate surface area is 182 Å². The second-order valence-corrected chi connectivity index (χ2v) is 10.2. The van der Waals surface area contributed by atoms with Crippen LogP contribution in [0.1, 0.15) is 24.9 Å². The minimum Gasteiger partial charge on any atom is -0.394 e. The maximum atomic E-state index is 13.5. The van der Waals surface area contributed by atoms with Gasteiger partial charge >= 0.3 is 0 Å². The molecule has 2 aromatic rings. The van der Waals surface area contributed by atoms with Crippen LogP contribution < -0.4 is 4.90 Å². The molecule has 1 saturated heterocycles. The average molecular weight is 439 g/mol. The molecule has 31 heavy (non-hydrogen) atoms. The summed E-state index contributed by atoms with van der Waals surface area (Å²) >= 11 is 0. The van der Waals surface area contributed by atoms with Crippen molar-refractivity contribution in [2.75, 3.05) is 25.1 Å². The normalized spacial score (nSPS) is 27.8. The number of hydrogen-bond donors (Lipinski definition) is 1. The number of aliphatic hydroxyl groups is 1. The van der Waals surface area contributed by atoms with Crippen molar-refractivity contribution >= 4 is 27.1 Å². The molecule has 0 spiro atoms. The second-order valence-electron chi connectivity index (χ2n) is 8.44. The van der Waals surface area contributed by atoms with Crippen molar-refractivity contribution in [3.8, 4) is 11.1 Å². The molecule has 2 aromatic carbocycles. The van der Waals surface area contributed by atoms with E-state index in [-0.39, 0.29) is 35.8 Å². The molecule has 0 saturated carbocycles. The number of aliphatic imine (C=N–C) groups is 2. The summed E-state index contributed by atoms with van der Waals surface area (Å²) < 4.78 is 28.5. The number of hydrogen-bond acceptors (Lipinski definition) is 6. The van der Waals surface area contributed by atoms with Crippen LogP contribution in [0.25, 0.3) is 11.1 Å². The van der Waals surface area contributed by atoms with Crippen molar-refractivity contribution in [3.63, 3.8) is 0 Å². The first-order chi connectivity index (χ1) is 14.9. The molecule has 0 amide bonds. The van der Waals surface area contributed by atoms with Gasteiger partial charge in [0.05, 0.1) is 24.7 Å².